The van der Waals surface area contributed by atoms with Gasteiger partial charge in [-0.3, -0.25) is 9.78 Å². The smallest absolute Gasteiger partial charge is 0.219 e. The molecule has 0 bridgehead atoms. The molecule has 1 amide bonds. The molecule has 32 heavy (non-hydrogen) atoms. The third kappa shape index (κ3) is 4.99. The summed E-state index contributed by atoms with van der Waals surface area (Å²) >= 11 is 6.15. The number of anilines is 2. The van der Waals surface area contributed by atoms with Gasteiger partial charge in [0, 0.05) is 54.0 Å². The van der Waals surface area contributed by atoms with Crippen LogP contribution >= 0.6 is 11.6 Å². The first-order chi connectivity index (χ1) is 15.4. The highest BCUT2D eigenvalue weighted by atomic mass is 35.5. The largest absolute Gasteiger partial charge is 0.495 e. The zero-order chi connectivity index (χ0) is 22.7. The maximum Gasteiger partial charge on any atom is 0.219 e. The van der Waals surface area contributed by atoms with Crippen molar-refractivity contribution in [3.8, 4) is 17.0 Å². The molecule has 1 aliphatic heterocycles. The van der Waals surface area contributed by atoms with Crippen LogP contribution in [0.4, 0.5) is 11.5 Å². The summed E-state index contributed by atoms with van der Waals surface area (Å²) in [5.41, 5.74) is 2.40. The summed E-state index contributed by atoms with van der Waals surface area (Å²) in [7, 11) is 1.61. The molecule has 3 heterocycles. The lowest BCUT2D eigenvalue weighted by Gasteiger charge is -2.37. The second-order valence-electron chi connectivity index (χ2n) is 8.04. The SMILES string of the molecule is COc1cncc(-c2cc(Nc3cccc(Cl)c3)nc([C@@H]3CC[C@@H](C)N(C(C)=O)C3)n2)c1. The number of carbonyl (C=O) groups is 1. The van der Waals surface area contributed by atoms with Crippen LogP contribution in [-0.2, 0) is 4.79 Å². The van der Waals surface area contributed by atoms with E-state index in [-0.39, 0.29) is 17.9 Å². The molecule has 8 heteroatoms. The average molecular weight is 452 g/mol. The van der Waals surface area contributed by atoms with Gasteiger partial charge < -0.3 is 15.0 Å². The molecule has 0 spiro atoms. The van der Waals surface area contributed by atoms with Crippen LogP contribution in [0.15, 0.2) is 48.8 Å². The number of hydrogen-bond acceptors (Lipinski definition) is 6. The molecule has 0 saturated carbocycles. The van der Waals surface area contributed by atoms with Gasteiger partial charge in [0.2, 0.25) is 5.91 Å². The lowest BCUT2D eigenvalue weighted by atomic mass is 9.92. The molecule has 1 fully saturated rings. The quantitative estimate of drug-likeness (QED) is 0.584. The second kappa shape index (κ2) is 9.53. The van der Waals surface area contributed by atoms with Crippen LogP contribution < -0.4 is 10.1 Å². The van der Waals surface area contributed by atoms with E-state index in [4.69, 9.17) is 26.3 Å². The Balaban J connectivity index is 1.74. The van der Waals surface area contributed by atoms with Gasteiger partial charge >= 0.3 is 0 Å². The van der Waals surface area contributed by atoms with Crippen LogP contribution in [-0.4, -0.2) is 45.5 Å². The first-order valence-electron chi connectivity index (χ1n) is 10.6. The molecule has 2 aromatic heterocycles. The maximum atomic E-state index is 12.1. The standard InChI is InChI=1S/C24H26ClN5O2/c1-15-7-8-17(14-30(15)16(2)31)24-28-22(18-9-21(32-3)13-26-12-18)11-23(29-24)27-20-6-4-5-19(25)10-20/h4-6,9-13,15,17H,7-8,14H2,1-3H3,(H,27,28,29)/t15-,17-/m1/s1. The number of ether oxygens (including phenoxy) is 1. The number of aromatic nitrogens is 3. The molecule has 3 aromatic rings. The number of amides is 1. The van der Waals surface area contributed by atoms with E-state index in [2.05, 4.69) is 17.2 Å². The van der Waals surface area contributed by atoms with Crippen molar-refractivity contribution in [1.29, 1.82) is 0 Å². The van der Waals surface area contributed by atoms with Crippen LogP contribution in [0.25, 0.3) is 11.3 Å². The molecule has 166 valence electrons. The van der Waals surface area contributed by atoms with Crippen LogP contribution in [0.2, 0.25) is 5.02 Å². The van der Waals surface area contributed by atoms with E-state index >= 15 is 0 Å². The summed E-state index contributed by atoms with van der Waals surface area (Å²) < 4.78 is 5.33. The molecular formula is C24H26ClN5O2. The number of halogens is 1. The fraction of sp³-hybridized carbons (Fsp3) is 0.333. The lowest BCUT2D eigenvalue weighted by molar-refractivity contribution is -0.132. The molecule has 0 radical (unpaired) electrons. The number of likely N-dealkylation sites (tertiary alicyclic amines) is 1. The number of hydrogen-bond donors (Lipinski definition) is 1. The molecule has 1 aliphatic rings. The van der Waals surface area contributed by atoms with Crippen molar-refractivity contribution in [2.75, 3.05) is 19.0 Å². The number of carbonyl (C=O) groups excluding carboxylic acids is 1. The van der Waals surface area contributed by atoms with Crippen LogP contribution in [0.1, 0.15) is 38.4 Å². The lowest BCUT2D eigenvalue weighted by Crippen LogP contribution is -2.44. The van der Waals surface area contributed by atoms with Crippen LogP contribution in [0.3, 0.4) is 0 Å². The molecule has 1 saturated heterocycles. The predicted octanol–water partition coefficient (Wildman–Crippen LogP) is 5.06. The van der Waals surface area contributed by atoms with E-state index in [9.17, 15) is 4.79 Å². The summed E-state index contributed by atoms with van der Waals surface area (Å²) in [6, 6.07) is 11.5. The van der Waals surface area contributed by atoms with Gasteiger partial charge in [-0.25, -0.2) is 9.97 Å². The van der Waals surface area contributed by atoms with Gasteiger partial charge in [0.1, 0.15) is 17.4 Å². The van der Waals surface area contributed by atoms with E-state index in [1.807, 2.05) is 41.3 Å². The van der Waals surface area contributed by atoms with Crippen molar-refractivity contribution in [2.45, 2.75) is 38.6 Å². The Kier molecular flexibility index (Phi) is 6.55. The number of methoxy groups -OCH3 is 1. The minimum absolute atomic E-state index is 0.0496. The Morgan fingerprint density at radius 3 is 2.78 bits per heavy atom. The first kappa shape index (κ1) is 22.0. The Morgan fingerprint density at radius 2 is 2.03 bits per heavy atom. The first-order valence-corrected chi connectivity index (χ1v) is 11.0. The molecule has 1 aromatic carbocycles. The van der Waals surface area contributed by atoms with Gasteiger partial charge in [0.25, 0.3) is 0 Å². The van der Waals surface area contributed by atoms with E-state index in [0.717, 1.165) is 29.8 Å². The molecule has 0 aliphatic carbocycles. The van der Waals surface area contributed by atoms with Crippen LogP contribution in [0.5, 0.6) is 5.75 Å². The fourth-order valence-electron chi connectivity index (χ4n) is 4.00. The Morgan fingerprint density at radius 1 is 1.19 bits per heavy atom. The molecule has 4 rings (SSSR count). The molecule has 1 N–H and O–H groups in total. The van der Waals surface area contributed by atoms with Gasteiger partial charge in [0.15, 0.2) is 0 Å². The Bertz CT molecular complexity index is 1120. The van der Waals surface area contributed by atoms with Gasteiger partial charge in [-0.1, -0.05) is 17.7 Å². The van der Waals surface area contributed by atoms with Crippen molar-refractivity contribution in [3.05, 3.63) is 59.6 Å². The van der Waals surface area contributed by atoms with Crippen molar-refractivity contribution in [1.82, 2.24) is 19.9 Å². The topological polar surface area (TPSA) is 80.2 Å². The summed E-state index contributed by atoms with van der Waals surface area (Å²) in [4.78, 5) is 28.0. The number of piperidine rings is 1. The van der Waals surface area contributed by atoms with Gasteiger partial charge in [-0.15, -0.1) is 0 Å². The van der Waals surface area contributed by atoms with Gasteiger partial charge in [0.05, 0.1) is 19.0 Å². The zero-order valence-electron chi connectivity index (χ0n) is 18.4. The van der Waals surface area contributed by atoms with E-state index in [0.29, 0.717) is 29.0 Å². The minimum Gasteiger partial charge on any atom is -0.495 e. The predicted molar refractivity (Wildman–Crippen MR) is 125 cm³/mol. The van der Waals surface area contributed by atoms with Crippen molar-refractivity contribution < 1.29 is 9.53 Å². The Hall–Kier alpha value is -3.19. The molecule has 7 nitrogen and oxygen atoms in total. The monoisotopic (exact) mass is 451 g/mol. The number of nitrogens with zero attached hydrogens (tertiary/aromatic N) is 4. The van der Waals surface area contributed by atoms with Crippen molar-refractivity contribution >= 4 is 29.0 Å². The Labute approximate surface area is 192 Å². The highest BCUT2D eigenvalue weighted by Crippen LogP contribution is 2.32. The summed E-state index contributed by atoms with van der Waals surface area (Å²) in [5.74, 6) is 2.14. The normalized spacial score (nSPS) is 18.3. The zero-order valence-corrected chi connectivity index (χ0v) is 19.1. The van der Waals surface area contributed by atoms with E-state index < -0.39 is 0 Å². The number of pyridine rings is 1. The van der Waals surface area contributed by atoms with E-state index in [1.165, 1.54) is 0 Å². The highest BCUT2D eigenvalue weighted by Gasteiger charge is 2.30. The third-order valence-corrected chi connectivity index (χ3v) is 5.97. The van der Waals surface area contributed by atoms with Crippen molar-refractivity contribution in [2.24, 2.45) is 0 Å². The summed E-state index contributed by atoms with van der Waals surface area (Å²) in [6.07, 6.45) is 5.24. The minimum atomic E-state index is 0.0496. The van der Waals surface area contributed by atoms with Crippen LogP contribution in [0, 0.1) is 0 Å². The average Bonchev–Trinajstić information content (AvgIpc) is 2.79. The fourth-order valence-corrected chi connectivity index (χ4v) is 4.19. The van der Waals surface area contributed by atoms with Crippen molar-refractivity contribution in [3.63, 3.8) is 0 Å². The maximum absolute atomic E-state index is 12.1. The van der Waals surface area contributed by atoms with Gasteiger partial charge in [-0.2, -0.15) is 0 Å². The van der Waals surface area contributed by atoms with E-state index in [1.54, 1.807) is 26.4 Å². The second-order valence-corrected chi connectivity index (χ2v) is 8.48. The molecule has 0 unspecified atom stereocenters. The summed E-state index contributed by atoms with van der Waals surface area (Å²) in [6.45, 7) is 4.31. The number of nitrogens with one attached hydrogen (secondary N) is 1. The highest BCUT2D eigenvalue weighted by molar-refractivity contribution is 6.30. The summed E-state index contributed by atoms with van der Waals surface area (Å²) in [5, 5.41) is 3.98. The molecule has 2 atom stereocenters. The number of benzene rings is 1. The number of rotatable bonds is 5. The van der Waals surface area contributed by atoms with Gasteiger partial charge in [-0.05, 0) is 44.0 Å². The third-order valence-electron chi connectivity index (χ3n) is 5.74. The molecular weight excluding hydrogens is 426 g/mol.